The number of hydrazone groups is 1. The Morgan fingerprint density at radius 3 is 2.31 bits per heavy atom. The van der Waals surface area contributed by atoms with E-state index in [2.05, 4.69) is 81.3 Å². The van der Waals surface area contributed by atoms with Crippen LogP contribution in [-0.2, 0) is 6.61 Å². The Hall–Kier alpha value is -4.62. The molecule has 1 heterocycles. The average molecular weight is 623 g/mol. The molecule has 0 spiro atoms. The molecule has 5 aromatic rings. The molecule has 0 aliphatic heterocycles. The summed E-state index contributed by atoms with van der Waals surface area (Å²) in [5.41, 5.74) is 10.5. The molecule has 0 saturated heterocycles. The summed E-state index contributed by atoms with van der Waals surface area (Å²) in [4.78, 5) is 12.8. The van der Waals surface area contributed by atoms with Gasteiger partial charge < -0.3 is 14.0 Å². The Bertz CT molecular complexity index is 1690. The van der Waals surface area contributed by atoms with Gasteiger partial charge in [-0.3, -0.25) is 4.79 Å². The Labute approximate surface area is 254 Å². The van der Waals surface area contributed by atoms with Crippen molar-refractivity contribution in [1.29, 1.82) is 0 Å². The Balaban J connectivity index is 1.26. The molecule has 0 unspecified atom stereocenters. The Morgan fingerprint density at radius 2 is 1.60 bits per heavy atom. The summed E-state index contributed by atoms with van der Waals surface area (Å²) in [6, 6.07) is 33.8. The normalized spacial score (nSPS) is 11.0. The largest absolute Gasteiger partial charge is 0.490 e. The van der Waals surface area contributed by atoms with E-state index in [0.29, 0.717) is 30.3 Å². The number of carbonyl (C=O) groups excluding carboxylic acids is 1. The maximum absolute atomic E-state index is 12.8. The van der Waals surface area contributed by atoms with Gasteiger partial charge in [-0.05, 0) is 96.4 Å². The molecule has 0 atom stereocenters. The number of hydrogen-bond acceptors (Lipinski definition) is 4. The zero-order valence-electron chi connectivity index (χ0n) is 23.8. The van der Waals surface area contributed by atoms with E-state index < -0.39 is 0 Å². The zero-order chi connectivity index (χ0) is 29.5. The molecule has 0 radical (unpaired) electrons. The van der Waals surface area contributed by atoms with Crippen LogP contribution in [0, 0.1) is 13.8 Å². The third-order valence-electron chi connectivity index (χ3n) is 6.78. The number of rotatable bonds is 10. The van der Waals surface area contributed by atoms with Gasteiger partial charge in [0.05, 0.1) is 18.5 Å². The van der Waals surface area contributed by atoms with Crippen molar-refractivity contribution in [2.24, 2.45) is 5.10 Å². The van der Waals surface area contributed by atoms with Gasteiger partial charge in [0.15, 0.2) is 11.5 Å². The monoisotopic (exact) mass is 621 g/mol. The molecule has 7 heteroatoms. The number of ether oxygens (including phenoxy) is 2. The third-order valence-corrected chi connectivity index (χ3v) is 7.47. The zero-order valence-corrected chi connectivity index (χ0v) is 25.4. The van der Waals surface area contributed by atoms with E-state index in [1.54, 1.807) is 18.3 Å². The lowest BCUT2D eigenvalue weighted by atomic mass is 10.1. The lowest BCUT2D eigenvalue weighted by molar-refractivity contribution is 0.0955. The van der Waals surface area contributed by atoms with Crippen LogP contribution < -0.4 is 14.9 Å². The molecular weight excluding hydrogens is 590 g/mol. The predicted octanol–water partition coefficient (Wildman–Crippen LogP) is 8.27. The first kappa shape index (κ1) is 28.9. The average Bonchev–Trinajstić information content (AvgIpc) is 3.40. The van der Waals surface area contributed by atoms with Crippen LogP contribution in [0.2, 0.25) is 0 Å². The summed E-state index contributed by atoms with van der Waals surface area (Å²) in [6.07, 6.45) is 1.58. The van der Waals surface area contributed by atoms with Gasteiger partial charge in [-0.25, -0.2) is 5.43 Å². The maximum Gasteiger partial charge on any atom is 0.271 e. The van der Waals surface area contributed by atoms with Crippen LogP contribution in [-0.4, -0.2) is 23.3 Å². The first-order valence-electron chi connectivity index (χ1n) is 13.7. The number of hydrogen-bond donors (Lipinski definition) is 1. The van der Waals surface area contributed by atoms with Crippen LogP contribution in [0.5, 0.6) is 11.5 Å². The summed E-state index contributed by atoms with van der Waals surface area (Å²) >= 11 is 3.59. The molecule has 1 N–H and O–H groups in total. The minimum atomic E-state index is -0.301. The topological polar surface area (TPSA) is 64.8 Å². The highest BCUT2D eigenvalue weighted by Crippen LogP contribution is 2.34. The highest BCUT2D eigenvalue weighted by atomic mass is 79.9. The summed E-state index contributed by atoms with van der Waals surface area (Å²) < 4.78 is 14.8. The standard InChI is InChI=1S/C35H32BrN3O3/c1-4-41-33-20-29(31(36)21-34(33)42-23-26-13-10-24(2)11-14-26)22-37-38-35(40)28-15-17-30(18-16-28)39-25(3)12-19-32(39)27-8-6-5-7-9-27/h5-22H,4,23H2,1-3H3,(H,38,40)/b37-22+. The number of nitrogens with zero attached hydrogens (tertiary/aromatic N) is 2. The van der Waals surface area contributed by atoms with Crippen molar-refractivity contribution in [3.63, 3.8) is 0 Å². The molecular formula is C35H32BrN3O3. The predicted molar refractivity (Wildman–Crippen MR) is 172 cm³/mol. The molecule has 0 bridgehead atoms. The molecule has 1 amide bonds. The molecule has 5 rings (SSSR count). The van der Waals surface area contributed by atoms with Gasteiger partial charge in [-0.2, -0.15) is 5.10 Å². The Kier molecular flexibility index (Phi) is 9.19. The number of nitrogens with one attached hydrogen (secondary N) is 1. The van der Waals surface area contributed by atoms with Crippen molar-refractivity contribution in [1.82, 2.24) is 9.99 Å². The minimum Gasteiger partial charge on any atom is -0.490 e. The molecule has 1 aromatic heterocycles. The second-order valence-corrected chi connectivity index (χ2v) is 10.7. The van der Waals surface area contributed by atoms with Crippen LogP contribution in [0.1, 0.15) is 39.7 Å². The van der Waals surface area contributed by atoms with Gasteiger partial charge in [0.2, 0.25) is 0 Å². The van der Waals surface area contributed by atoms with Crippen LogP contribution >= 0.6 is 15.9 Å². The van der Waals surface area contributed by atoms with Crippen LogP contribution in [0.4, 0.5) is 0 Å². The second-order valence-electron chi connectivity index (χ2n) is 9.84. The van der Waals surface area contributed by atoms with Crippen molar-refractivity contribution < 1.29 is 14.3 Å². The number of benzene rings is 4. The fourth-order valence-corrected chi connectivity index (χ4v) is 5.00. The molecule has 42 heavy (non-hydrogen) atoms. The van der Waals surface area contributed by atoms with Gasteiger partial charge >= 0.3 is 0 Å². The number of aryl methyl sites for hydroxylation is 2. The minimum absolute atomic E-state index is 0.301. The van der Waals surface area contributed by atoms with E-state index in [9.17, 15) is 4.79 Å². The quantitative estimate of drug-likeness (QED) is 0.126. The van der Waals surface area contributed by atoms with Gasteiger partial charge in [0, 0.05) is 27.0 Å². The highest BCUT2D eigenvalue weighted by Gasteiger charge is 2.13. The van der Waals surface area contributed by atoms with Crippen molar-refractivity contribution in [3.8, 4) is 28.4 Å². The molecule has 212 valence electrons. The van der Waals surface area contributed by atoms with Crippen molar-refractivity contribution >= 4 is 28.1 Å². The third kappa shape index (κ3) is 6.81. The van der Waals surface area contributed by atoms with E-state index in [0.717, 1.165) is 38.2 Å². The smallest absolute Gasteiger partial charge is 0.271 e. The van der Waals surface area contributed by atoms with Gasteiger partial charge in [0.1, 0.15) is 6.61 Å². The van der Waals surface area contributed by atoms with Crippen molar-refractivity contribution in [3.05, 3.63) is 136 Å². The second kappa shape index (κ2) is 13.4. The van der Waals surface area contributed by atoms with Crippen molar-refractivity contribution in [2.75, 3.05) is 6.61 Å². The van der Waals surface area contributed by atoms with E-state index in [1.807, 2.05) is 61.5 Å². The Morgan fingerprint density at radius 1 is 0.881 bits per heavy atom. The molecule has 0 aliphatic rings. The van der Waals surface area contributed by atoms with E-state index >= 15 is 0 Å². The fourth-order valence-electron chi connectivity index (χ4n) is 4.58. The van der Waals surface area contributed by atoms with E-state index in [1.165, 1.54) is 5.56 Å². The van der Waals surface area contributed by atoms with Gasteiger partial charge in [0.25, 0.3) is 5.91 Å². The first-order chi connectivity index (χ1) is 20.4. The lowest BCUT2D eigenvalue weighted by Crippen LogP contribution is -2.17. The van der Waals surface area contributed by atoms with E-state index in [-0.39, 0.29) is 5.91 Å². The van der Waals surface area contributed by atoms with E-state index in [4.69, 9.17) is 9.47 Å². The van der Waals surface area contributed by atoms with Crippen molar-refractivity contribution in [2.45, 2.75) is 27.4 Å². The molecule has 0 saturated carbocycles. The molecule has 4 aromatic carbocycles. The van der Waals surface area contributed by atoms with Gasteiger partial charge in [-0.1, -0.05) is 60.2 Å². The molecule has 0 fully saturated rings. The summed E-state index contributed by atoms with van der Waals surface area (Å²) in [5, 5.41) is 4.20. The van der Waals surface area contributed by atoms with Crippen LogP contribution in [0.15, 0.2) is 113 Å². The summed E-state index contributed by atoms with van der Waals surface area (Å²) in [5.74, 6) is 0.926. The maximum atomic E-state index is 12.8. The SMILES string of the molecule is CCOc1cc(/C=N/NC(=O)c2ccc(-n3c(C)ccc3-c3ccccc3)cc2)c(Br)cc1OCc1ccc(C)cc1. The molecule has 0 aliphatic carbocycles. The fraction of sp³-hybridized carbons (Fsp3) is 0.143. The van der Waals surface area contributed by atoms with Gasteiger partial charge in [-0.15, -0.1) is 0 Å². The number of halogens is 1. The number of amides is 1. The highest BCUT2D eigenvalue weighted by molar-refractivity contribution is 9.10. The number of aromatic nitrogens is 1. The van der Waals surface area contributed by atoms with Crippen LogP contribution in [0.25, 0.3) is 16.9 Å². The summed E-state index contributed by atoms with van der Waals surface area (Å²) in [7, 11) is 0. The summed E-state index contributed by atoms with van der Waals surface area (Å²) in [6.45, 7) is 6.96. The first-order valence-corrected chi connectivity index (χ1v) is 14.5. The lowest BCUT2D eigenvalue weighted by Gasteiger charge is -2.14. The molecule has 6 nitrogen and oxygen atoms in total. The number of carbonyl (C=O) groups is 1. The van der Waals surface area contributed by atoms with Crippen LogP contribution in [0.3, 0.4) is 0 Å².